The number of carbonyl (C=O) groups is 1. The molecule has 27 heavy (non-hydrogen) atoms. The predicted octanol–water partition coefficient (Wildman–Crippen LogP) is 2.43. The van der Waals surface area contributed by atoms with Crippen LogP contribution in [0, 0.1) is 5.82 Å². The van der Waals surface area contributed by atoms with Crippen molar-refractivity contribution in [3.63, 3.8) is 0 Å². The number of aromatic nitrogens is 1. The molecule has 0 fully saturated rings. The van der Waals surface area contributed by atoms with Crippen molar-refractivity contribution in [2.24, 2.45) is 0 Å². The number of likely N-dealkylation sites (N-methyl/N-ethyl adjacent to an activating group) is 1. The molecule has 0 aliphatic carbocycles. The number of benzene rings is 1. The van der Waals surface area contributed by atoms with Gasteiger partial charge in [-0.15, -0.1) is 0 Å². The quantitative estimate of drug-likeness (QED) is 0.709. The third kappa shape index (κ3) is 2.90. The van der Waals surface area contributed by atoms with E-state index in [1.165, 1.54) is 12.1 Å². The fourth-order valence-electron chi connectivity index (χ4n) is 3.42. The number of amides is 1. The van der Waals surface area contributed by atoms with Crippen LogP contribution in [0.15, 0.2) is 51.9 Å². The van der Waals surface area contributed by atoms with Gasteiger partial charge in [-0.3, -0.25) is 14.6 Å². The highest BCUT2D eigenvalue weighted by molar-refractivity contribution is 5.99. The van der Waals surface area contributed by atoms with Crippen LogP contribution in [0.25, 0.3) is 11.0 Å². The molecule has 3 heterocycles. The minimum Gasteiger partial charge on any atom is -0.450 e. The lowest BCUT2D eigenvalue weighted by molar-refractivity contribution is 0.0716. The van der Waals surface area contributed by atoms with Crippen LogP contribution in [-0.4, -0.2) is 47.9 Å². The summed E-state index contributed by atoms with van der Waals surface area (Å²) in [6.45, 7) is 1.04. The molecule has 1 aliphatic heterocycles. The van der Waals surface area contributed by atoms with Crippen LogP contribution < -0.4 is 5.43 Å². The molecule has 7 heteroatoms. The van der Waals surface area contributed by atoms with E-state index in [1.807, 2.05) is 25.1 Å². The molecule has 0 radical (unpaired) electrons. The van der Waals surface area contributed by atoms with E-state index in [4.69, 9.17) is 4.42 Å². The lowest BCUT2D eigenvalue weighted by atomic mass is 10.00. The predicted molar refractivity (Wildman–Crippen MR) is 98.1 cm³/mol. The fraction of sp³-hybridized carbons (Fsp3) is 0.250. The Balaban J connectivity index is 1.95. The van der Waals surface area contributed by atoms with E-state index in [2.05, 4.69) is 4.98 Å². The molecule has 1 aromatic carbocycles. The first-order valence-corrected chi connectivity index (χ1v) is 8.59. The van der Waals surface area contributed by atoms with E-state index in [-0.39, 0.29) is 33.6 Å². The van der Waals surface area contributed by atoms with E-state index >= 15 is 0 Å². The van der Waals surface area contributed by atoms with Gasteiger partial charge in [0.15, 0.2) is 5.43 Å². The molecule has 4 rings (SSSR count). The standard InChI is InChI=1S/C20H18FN3O3/c1-23(2)8-9-24-17(12-4-3-7-22-11-12)16-18(25)14-10-13(21)5-6-15(14)27-19(16)20(24)26/h3-7,10-11,17H,8-9H2,1-2H3/t17-/m1/s1. The average molecular weight is 367 g/mol. The van der Waals surface area contributed by atoms with Gasteiger partial charge in [0.2, 0.25) is 5.76 Å². The van der Waals surface area contributed by atoms with Gasteiger partial charge in [0.1, 0.15) is 11.4 Å². The number of carbonyl (C=O) groups excluding carboxylic acids is 1. The molecule has 0 bridgehead atoms. The third-order valence-corrected chi connectivity index (χ3v) is 4.72. The summed E-state index contributed by atoms with van der Waals surface area (Å²) in [5.74, 6) is -0.850. The summed E-state index contributed by atoms with van der Waals surface area (Å²) >= 11 is 0. The zero-order chi connectivity index (χ0) is 19.1. The second-order valence-electron chi connectivity index (χ2n) is 6.81. The summed E-state index contributed by atoms with van der Waals surface area (Å²) in [5, 5.41) is 0.130. The molecular weight excluding hydrogens is 349 g/mol. The Labute approximate surface area is 154 Å². The molecule has 1 amide bonds. The summed E-state index contributed by atoms with van der Waals surface area (Å²) in [6, 6.07) is 6.70. The third-order valence-electron chi connectivity index (χ3n) is 4.72. The van der Waals surface area contributed by atoms with Crippen molar-refractivity contribution in [2.75, 3.05) is 27.2 Å². The van der Waals surface area contributed by atoms with Gasteiger partial charge in [-0.05, 0) is 43.9 Å². The molecule has 138 valence electrons. The molecular formula is C20H18FN3O3. The number of fused-ring (bicyclic) bond motifs is 2. The van der Waals surface area contributed by atoms with E-state index in [0.29, 0.717) is 18.7 Å². The molecule has 1 atom stereocenters. The van der Waals surface area contributed by atoms with Crippen LogP contribution in [0.5, 0.6) is 0 Å². The van der Waals surface area contributed by atoms with E-state index < -0.39 is 11.9 Å². The van der Waals surface area contributed by atoms with Gasteiger partial charge in [0.25, 0.3) is 5.91 Å². The van der Waals surface area contributed by atoms with Crippen LogP contribution >= 0.6 is 0 Å². The van der Waals surface area contributed by atoms with Crippen LogP contribution in [-0.2, 0) is 0 Å². The van der Waals surface area contributed by atoms with Crippen molar-refractivity contribution < 1.29 is 13.6 Å². The second kappa shape index (κ2) is 6.59. The van der Waals surface area contributed by atoms with Crippen molar-refractivity contribution >= 4 is 16.9 Å². The minimum atomic E-state index is -0.606. The van der Waals surface area contributed by atoms with Gasteiger partial charge in [-0.1, -0.05) is 6.07 Å². The average Bonchev–Trinajstić information content (AvgIpc) is 2.94. The highest BCUT2D eigenvalue weighted by Gasteiger charge is 2.42. The Morgan fingerprint density at radius 2 is 2.07 bits per heavy atom. The summed E-state index contributed by atoms with van der Waals surface area (Å²) in [6.07, 6.45) is 3.26. The molecule has 3 aromatic rings. The Hall–Kier alpha value is -3.06. The van der Waals surface area contributed by atoms with Crippen molar-refractivity contribution in [1.82, 2.24) is 14.8 Å². The monoisotopic (exact) mass is 367 g/mol. The van der Waals surface area contributed by atoms with E-state index in [9.17, 15) is 14.0 Å². The number of rotatable bonds is 4. The maximum absolute atomic E-state index is 13.7. The SMILES string of the molecule is CN(C)CCN1C(=O)c2oc3ccc(F)cc3c(=O)c2[C@H]1c1cccnc1. The molecule has 0 saturated carbocycles. The van der Waals surface area contributed by atoms with Crippen molar-refractivity contribution in [1.29, 1.82) is 0 Å². The molecule has 1 aliphatic rings. The van der Waals surface area contributed by atoms with Crippen molar-refractivity contribution in [2.45, 2.75) is 6.04 Å². The largest absolute Gasteiger partial charge is 0.450 e. The topological polar surface area (TPSA) is 66.7 Å². The number of pyridine rings is 1. The number of halogens is 1. The van der Waals surface area contributed by atoms with E-state index in [0.717, 1.165) is 6.07 Å². The van der Waals surface area contributed by atoms with Crippen LogP contribution in [0.3, 0.4) is 0 Å². The maximum Gasteiger partial charge on any atom is 0.290 e. The Bertz CT molecular complexity index is 1080. The molecule has 0 N–H and O–H groups in total. The molecule has 6 nitrogen and oxygen atoms in total. The summed E-state index contributed by atoms with van der Waals surface area (Å²) in [4.78, 5) is 33.9. The van der Waals surface area contributed by atoms with Crippen molar-refractivity contribution in [3.05, 3.63) is 75.7 Å². The second-order valence-corrected chi connectivity index (χ2v) is 6.81. The lowest BCUT2D eigenvalue weighted by Crippen LogP contribution is -2.35. The minimum absolute atomic E-state index is 0.0201. The molecule has 2 aromatic heterocycles. The Morgan fingerprint density at radius 3 is 2.78 bits per heavy atom. The van der Waals surface area contributed by atoms with Crippen LogP contribution in [0.2, 0.25) is 0 Å². The maximum atomic E-state index is 13.7. The highest BCUT2D eigenvalue weighted by atomic mass is 19.1. The first-order valence-electron chi connectivity index (χ1n) is 8.59. The lowest BCUT2D eigenvalue weighted by Gasteiger charge is -2.26. The zero-order valence-electron chi connectivity index (χ0n) is 15.0. The summed E-state index contributed by atoms with van der Waals surface area (Å²) in [7, 11) is 3.82. The molecule has 0 unspecified atom stereocenters. The van der Waals surface area contributed by atoms with Gasteiger partial charge < -0.3 is 14.2 Å². The fourth-order valence-corrected chi connectivity index (χ4v) is 3.42. The number of hydrogen-bond donors (Lipinski definition) is 0. The Kier molecular flexibility index (Phi) is 4.24. The Morgan fingerprint density at radius 1 is 1.26 bits per heavy atom. The molecule has 0 spiro atoms. The van der Waals surface area contributed by atoms with Gasteiger partial charge in [0, 0.05) is 25.5 Å². The summed E-state index contributed by atoms with van der Waals surface area (Å²) in [5.41, 5.74) is 0.768. The van der Waals surface area contributed by atoms with Crippen LogP contribution in [0.4, 0.5) is 4.39 Å². The number of nitrogens with zero attached hydrogens (tertiary/aromatic N) is 3. The van der Waals surface area contributed by atoms with E-state index in [1.54, 1.807) is 23.4 Å². The first-order chi connectivity index (χ1) is 13.0. The zero-order valence-corrected chi connectivity index (χ0v) is 15.0. The van der Waals surface area contributed by atoms with Gasteiger partial charge in [0.05, 0.1) is 17.0 Å². The smallest absolute Gasteiger partial charge is 0.290 e. The van der Waals surface area contributed by atoms with Gasteiger partial charge in [-0.2, -0.15) is 0 Å². The van der Waals surface area contributed by atoms with Crippen LogP contribution in [0.1, 0.15) is 27.7 Å². The highest BCUT2D eigenvalue weighted by Crippen LogP contribution is 2.37. The normalized spacial score (nSPS) is 16.4. The number of hydrogen-bond acceptors (Lipinski definition) is 5. The van der Waals surface area contributed by atoms with Crippen molar-refractivity contribution in [3.8, 4) is 0 Å². The first kappa shape index (κ1) is 17.4. The van der Waals surface area contributed by atoms with Gasteiger partial charge >= 0.3 is 0 Å². The summed E-state index contributed by atoms with van der Waals surface area (Å²) < 4.78 is 19.4. The molecule has 0 saturated heterocycles. The van der Waals surface area contributed by atoms with Gasteiger partial charge in [-0.25, -0.2) is 4.39 Å².